The van der Waals surface area contributed by atoms with Crippen molar-refractivity contribution in [2.45, 2.75) is 105 Å². The van der Waals surface area contributed by atoms with Gasteiger partial charge in [-0.3, -0.25) is 0 Å². The van der Waals surface area contributed by atoms with Crippen LogP contribution in [0, 0.1) is 0 Å². The summed E-state index contributed by atoms with van der Waals surface area (Å²) in [5.74, 6) is 0.205. The largest absolute Gasteiger partial charge is 0.504 e. The Kier molecular flexibility index (Phi) is 12.1. The normalized spacial score (nSPS) is 43.1. The molecule has 252 valence electrons. The van der Waals surface area contributed by atoms with Gasteiger partial charge >= 0.3 is 0 Å². The zero-order valence-corrected chi connectivity index (χ0v) is 24.1. The molecule has 0 aliphatic carbocycles. The van der Waals surface area contributed by atoms with Crippen molar-refractivity contribution in [3.63, 3.8) is 0 Å². The SMILES string of the molecule is COc1ccc(CCOC2OC(CO)C(O)C(OC3OC(C)C(O)C(O)C3OC3OC(CO)C(O)C(O)C3O)C2O)cc1O. The molecule has 3 aliphatic rings. The van der Waals surface area contributed by atoms with Crippen LogP contribution in [0.1, 0.15) is 12.5 Å². The number of aliphatic hydroxyl groups excluding tert-OH is 9. The van der Waals surface area contributed by atoms with Gasteiger partial charge in [0, 0.05) is 0 Å². The summed E-state index contributed by atoms with van der Waals surface area (Å²) in [6.45, 7) is -0.0735. The molecule has 10 N–H and O–H groups in total. The van der Waals surface area contributed by atoms with Crippen LogP contribution in [0.4, 0.5) is 0 Å². The standard InChI is InChI=1S/C27H42O17/c1-10-16(31)20(35)24(44-26-21(36)19(34)17(32)14(8-28)42-26)27(40-10)43-23-18(33)15(9-29)41-25(22(23)37)39-6-5-11-3-4-13(38-2)12(30)7-11/h3-4,7,10,14-37H,5-6,8-9H2,1-2H3. The van der Waals surface area contributed by atoms with Crippen molar-refractivity contribution >= 4 is 0 Å². The Hall–Kier alpha value is -1.78. The molecule has 0 spiro atoms. The summed E-state index contributed by atoms with van der Waals surface area (Å²) in [5, 5.41) is 103. The molecule has 0 saturated carbocycles. The minimum atomic E-state index is -1.86. The first-order chi connectivity index (χ1) is 20.9. The second-order valence-electron chi connectivity index (χ2n) is 10.9. The van der Waals surface area contributed by atoms with Crippen molar-refractivity contribution in [3.05, 3.63) is 23.8 Å². The molecule has 0 aromatic heterocycles. The number of methoxy groups -OCH3 is 1. The molecular formula is C27H42O17. The lowest BCUT2D eigenvalue weighted by molar-refractivity contribution is -0.386. The van der Waals surface area contributed by atoms with E-state index in [0.717, 1.165) is 0 Å². The molecule has 4 rings (SSSR count). The zero-order valence-electron chi connectivity index (χ0n) is 24.1. The van der Waals surface area contributed by atoms with Crippen molar-refractivity contribution in [2.75, 3.05) is 26.9 Å². The molecule has 0 amide bonds. The van der Waals surface area contributed by atoms with E-state index >= 15 is 0 Å². The first-order valence-electron chi connectivity index (χ1n) is 14.1. The van der Waals surface area contributed by atoms with E-state index in [1.807, 2.05) is 0 Å². The van der Waals surface area contributed by atoms with Gasteiger partial charge in [-0.1, -0.05) is 6.07 Å². The van der Waals surface area contributed by atoms with E-state index in [4.69, 9.17) is 33.2 Å². The van der Waals surface area contributed by atoms with Gasteiger partial charge in [0.2, 0.25) is 0 Å². The summed E-state index contributed by atoms with van der Waals surface area (Å²) in [7, 11) is 1.41. The van der Waals surface area contributed by atoms with Crippen LogP contribution in [0.2, 0.25) is 0 Å². The van der Waals surface area contributed by atoms with E-state index in [0.29, 0.717) is 5.56 Å². The third kappa shape index (κ3) is 7.43. The van der Waals surface area contributed by atoms with Gasteiger partial charge in [-0.2, -0.15) is 0 Å². The fourth-order valence-electron chi connectivity index (χ4n) is 5.28. The maximum atomic E-state index is 11.1. The topological polar surface area (TPSA) is 267 Å². The van der Waals surface area contributed by atoms with Crippen molar-refractivity contribution in [1.82, 2.24) is 0 Å². The first kappa shape index (κ1) is 35.1. The highest BCUT2D eigenvalue weighted by atomic mass is 16.8. The molecule has 17 heteroatoms. The summed E-state index contributed by atoms with van der Waals surface area (Å²) < 4.78 is 38.8. The van der Waals surface area contributed by atoms with Crippen molar-refractivity contribution in [3.8, 4) is 11.5 Å². The zero-order chi connectivity index (χ0) is 32.3. The van der Waals surface area contributed by atoms with Crippen LogP contribution in [0.5, 0.6) is 11.5 Å². The van der Waals surface area contributed by atoms with Crippen LogP contribution in [0.25, 0.3) is 0 Å². The molecule has 3 aliphatic heterocycles. The van der Waals surface area contributed by atoms with Crippen molar-refractivity contribution < 1.29 is 84.2 Å². The summed E-state index contributed by atoms with van der Waals surface area (Å²) in [5.41, 5.74) is 0.672. The van der Waals surface area contributed by atoms with Gasteiger partial charge in [0.15, 0.2) is 30.4 Å². The molecule has 17 nitrogen and oxygen atoms in total. The molecule has 3 saturated heterocycles. The van der Waals surface area contributed by atoms with Crippen LogP contribution >= 0.6 is 0 Å². The van der Waals surface area contributed by atoms with Gasteiger partial charge < -0.3 is 84.2 Å². The first-order valence-corrected chi connectivity index (χ1v) is 14.1. The van der Waals surface area contributed by atoms with Crippen LogP contribution in [0.3, 0.4) is 0 Å². The van der Waals surface area contributed by atoms with Gasteiger partial charge in [0.25, 0.3) is 0 Å². The van der Waals surface area contributed by atoms with Crippen molar-refractivity contribution in [1.29, 1.82) is 0 Å². The van der Waals surface area contributed by atoms with Gasteiger partial charge in [0.1, 0.15) is 67.1 Å². The Labute approximate surface area is 252 Å². The Bertz CT molecular complexity index is 1050. The highest BCUT2D eigenvalue weighted by Gasteiger charge is 2.53. The predicted molar refractivity (Wildman–Crippen MR) is 142 cm³/mol. The molecule has 15 unspecified atom stereocenters. The Morgan fingerprint density at radius 2 is 1.32 bits per heavy atom. The number of aliphatic hydroxyl groups is 9. The molecule has 0 bridgehead atoms. The van der Waals surface area contributed by atoms with Crippen molar-refractivity contribution in [2.24, 2.45) is 0 Å². The number of phenolic OH excluding ortho intramolecular Hbond substituents is 1. The highest BCUT2D eigenvalue weighted by molar-refractivity contribution is 5.41. The lowest BCUT2D eigenvalue weighted by Crippen LogP contribution is -2.66. The number of ether oxygens (including phenoxy) is 7. The molecule has 3 fully saturated rings. The van der Waals surface area contributed by atoms with Gasteiger partial charge in [-0.15, -0.1) is 0 Å². The molecule has 44 heavy (non-hydrogen) atoms. The number of hydrogen-bond donors (Lipinski definition) is 10. The van der Waals surface area contributed by atoms with E-state index in [1.165, 1.54) is 20.1 Å². The summed E-state index contributed by atoms with van der Waals surface area (Å²) >= 11 is 0. The Morgan fingerprint density at radius 1 is 0.682 bits per heavy atom. The third-order valence-electron chi connectivity index (χ3n) is 7.95. The Balaban J connectivity index is 1.48. The van der Waals surface area contributed by atoms with Crippen LogP contribution in [-0.2, 0) is 34.8 Å². The second-order valence-corrected chi connectivity index (χ2v) is 10.9. The van der Waals surface area contributed by atoms with E-state index < -0.39 is 105 Å². The van der Waals surface area contributed by atoms with E-state index in [9.17, 15) is 51.1 Å². The Morgan fingerprint density at radius 3 is 1.95 bits per heavy atom. The number of benzene rings is 1. The van der Waals surface area contributed by atoms with Crippen LogP contribution < -0.4 is 4.74 Å². The quantitative estimate of drug-likeness (QED) is 0.109. The van der Waals surface area contributed by atoms with E-state index in [2.05, 4.69) is 0 Å². The maximum absolute atomic E-state index is 11.1. The minimum absolute atomic E-state index is 0.0286. The number of hydrogen-bond acceptors (Lipinski definition) is 17. The molecule has 3 heterocycles. The molecule has 1 aromatic rings. The fourth-order valence-corrected chi connectivity index (χ4v) is 5.28. The van der Waals surface area contributed by atoms with E-state index in [1.54, 1.807) is 12.1 Å². The summed E-state index contributed by atoms with van der Waals surface area (Å²) in [4.78, 5) is 0. The lowest BCUT2D eigenvalue weighted by atomic mass is 9.96. The maximum Gasteiger partial charge on any atom is 0.187 e. The molecule has 15 atom stereocenters. The van der Waals surface area contributed by atoms with Crippen LogP contribution in [-0.4, -0.2) is 170 Å². The smallest absolute Gasteiger partial charge is 0.187 e. The molecular weight excluding hydrogens is 596 g/mol. The van der Waals surface area contributed by atoms with E-state index in [-0.39, 0.29) is 24.5 Å². The number of rotatable bonds is 11. The highest BCUT2D eigenvalue weighted by Crippen LogP contribution is 2.33. The van der Waals surface area contributed by atoms with Gasteiger partial charge in [-0.05, 0) is 31.0 Å². The minimum Gasteiger partial charge on any atom is -0.504 e. The number of aromatic hydroxyl groups is 1. The summed E-state index contributed by atoms with van der Waals surface area (Å²) in [6.07, 6.45) is -23.4. The fraction of sp³-hybridized carbons (Fsp3) is 0.778. The lowest BCUT2D eigenvalue weighted by Gasteiger charge is -2.48. The third-order valence-corrected chi connectivity index (χ3v) is 7.95. The van der Waals surface area contributed by atoms with Gasteiger partial charge in [0.05, 0.1) is 33.0 Å². The average molecular weight is 639 g/mol. The monoisotopic (exact) mass is 638 g/mol. The predicted octanol–water partition coefficient (Wildman–Crippen LogP) is -4.56. The molecule has 0 radical (unpaired) electrons. The van der Waals surface area contributed by atoms with Crippen LogP contribution in [0.15, 0.2) is 18.2 Å². The average Bonchev–Trinajstić information content (AvgIpc) is 3.01. The van der Waals surface area contributed by atoms with Gasteiger partial charge in [-0.25, -0.2) is 0 Å². The molecule has 1 aromatic carbocycles. The number of phenols is 1. The second kappa shape index (κ2) is 15.2. The summed E-state index contributed by atoms with van der Waals surface area (Å²) in [6, 6.07) is 4.74.